The van der Waals surface area contributed by atoms with Gasteiger partial charge in [0.15, 0.2) is 0 Å². The Bertz CT molecular complexity index is 171. The molecule has 0 radical (unpaired) electrons. The summed E-state index contributed by atoms with van der Waals surface area (Å²) in [5.74, 6) is 0. The van der Waals surface area contributed by atoms with Crippen LogP contribution >= 0.6 is 0 Å². The van der Waals surface area contributed by atoms with Gasteiger partial charge in [0.05, 0.1) is 0 Å². The zero-order valence-electron chi connectivity index (χ0n) is 3.70. The van der Waals surface area contributed by atoms with Gasteiger partial charge in [-0.25, -0.2) is 13.6 Å². The summed E-state index contributed by atoms with van der Waals surface area (Å²) in [6.07, 6.45) is 0. The number of hydrogen-bond acceptors (Lipinski definition) is 2. The summed E-state index contributed by atoms with van der Waals surface area (Å²) >= 11 is 0. The quantitative estimate of drug-likeness (QED) is 0.671. The first kappa shape index (κ1) is 12.9. The summed E-state index contributed by atoms with van der Waals surface area (Å²) < 4.78 is 51.2. The van der Waals surface area contributed by atoms with Crippen LogP contribution in [-0.2, 0) is 10.0 Å². The summed E-state index contributed by atoms with van der Waals surface area (Å²) in [4.78, 5) is 0. The Kier molecular flexibility index (Phi) is 5.09. The molecule has 0 aromatic carbocycles. The predicted molar refractivity (Wildman–Crippen MR) is 19.2 cm³/mol. The zero-order valence-corrected chi connectivity index (χ0v) is 6.23. The van der Waals surface area contributed by atoms with E-state index in [1.54, 1.807) is 0 Å². The molecule has 9 heavy (non-hydrogen) atoms. The summed E-state index contributed by atoms with van der Waals surface area (Å²) in [5, 5.41) is 3.66. The van der Waals surface area contributed by atoms with E-state index < -0.39 is 15.5 Å². The Morgan fingerprint density at radius 2 is 1.33 bits per heavy atom. The molecule has 0 aliphatic heterocycles. The average molecular weight is 322 g/mol. The molecule has 0 spiro atoms. The molecular weight excluding hydrogens is 320 g/mol. The molecule has 0 fully saturated rings. The van der Waals surface area contributed by atoms with Crippen molar-refractivity contribution in [3.63, 3.8) is 0 Å². The third kappa shape index (κ3) is 4.60. The fourth-order valence-corrected chi connectivity index (χ4v) is 0. The Morgan fingerprint density at radius 3 is 1.33 bits per heavy atom. The van der Waals surface area contributed by atoms with Crippen molar-refractivity contribution < 1.29 is 68.5 Å². The maximum atomic E-state index is 10.8. The van der Waals surface area contributed by atoms with Crippen molar-refractivity contribution in [2.75, 3.05) is 0 Å². The van der Waals surface area contributed by atoms with Crippen LogP contribution in [-0.4, -0.2) is 13.9 Å². The smallest absolute Gasteiger partial charge is 0.221 e. The van der Waals surface area contributed by atoms with Crippen LogP contribution in [0.25, 0.3) is 0 Å². The third-order valence-corrected chi connectivity index (χ3v) is 0.968. The van der Waals surface area contributed by atoms with Crippen LogP contribution < -0.4 is 5.14 Å². The fourth-order valence-electron chi connectivity index (χ4n) is 0. The van der Waals surface area contributed by atoms with E-state index in [1.165, 1.54) is 0 Å². The van der Waals surface area contributed by atoms with Crippen molar-refractivity contribution in [3.8, 4) is 0 Å². The first-order chi connectivity index (χ1) is 3.25. The Labute approximate surface area is 88.1 Å². The van der Waals surface area contributed by atoms with Crippen molar-refractivity contribution in [1.29, 1.82) is 0 Å². The average Bonchev–Trinajstić information content (AvgIpc) is 1.25. The topological polar surface area (TPSA) is 60.2 Å². The van der Waals surface area contributed by atoms with Crippen LogP contribution in [0.4, 0.5) is 13.2 Å². The third-order valence-electron chi connectivity index (χ3n) is 0.323. The monoisotopic (exact) mass is 323 g/mol. The molecule has 0 bridgehead atoms. The summed E-state index contributed by atoms with van der Waals surface area (Å²) in [5.41, 5.74) is -5.31. The van der Waals surface area contributed by atoms with E-state index in [0.717, 1.165) is 0 Å². The minimum Gasteiger partial charge on any atom is -0.221 e. The maximum Gasteiger partial charge on any atom is 0.511 e. The summed E-state index contributed by atoms with van der Waals surface area (Å²) in [7, 11) is -5.34. The molecule has 3 nitrogen and oxygen atoms in total. The van der Waals surface area contributed by atoms with Crippen molar-refractivity contribution >= 4 is 10.0 Å². The minimum absolute atomic E-state index is 0. The molecule has 0 amide bonds. The van der Waals surface area contributed by atoms with Crippen LogP contribution in [0, 0.1) is 46.9 Å². The molecule has 0 heterocycles. The number of hydrogen-bond donors (Lipinski definition) is 1. The Balaban J connectivity index is 0. The molecule has 0 rings (SSSR count). The second kappa shape index (κ2) is 3.56. The van der Waals surface area contributed by atoms with Gasteiger partial charge in [-0.05, 0) is 0 Å². The van der Waals surface area contributed by atoms with Crippen LogP contribution in [0.2, 0.25) is 0 Å². The molecular formula is CH2F3NO2SYb. The molecule has 0 aliphatic rings. The first-order valence-electron chi connectivity index (χ1n) is 1.34. The van der Waals surface area contributed by atoms with Gasteiger partial charge in [-0.15, -0.1) is 0 Å². The van der Waals surface area contributed by atoms with Gasteiger partial charge in [-0.3, -0.25) is 0 Å². The standard InChI is InChI=1S/CH2F3NO2S.Yb/c2-1(3,4)8(5,6)7;/h(H2,5,6,7);. The summed E-state index contributed by atoms with van der Waals surface area (Å²) in [6, 6.07) is 0. The SMILES string of the molecule is NS(=O)(=O)C(F)(F)F.[Yb]. The summed E-state index contributed by atoms with van der Waals surface area (Å²) in [6.45, 7) is 0. The number of halogens is 3. The second-order valence-electron chi connectivity index (χ2n) is 0.991. The zero-order chi connectivity index (χ0) is 7.00. The van der Waals surface area contributed by atoms with Crippen LogP contribution in [0.5, 0.6) is 0 Å². The van der Waals surface area contributed by atoms with Gasteiger partial charge in [0.1, 0.15) is 0 Å². The van der Waals surface area contributed by atoms with Gasteiger partial charge in [-0.1, -0.05) is 0 Å². The van der Waals surface area contributed by atoms with E-state index >= 15 is 0 Å². The number of primary sulfonamides is 1. The van der Waals surface area contributed by atoms with Crippen molar-refractivity contribution in [2.45, 2.75) is 5.51 Å². The largest absolute Gasteiger partial charge is 0.511 e. The first-order valence-corrected chi connectivity index (χ1v) is 2.89. The number of nitrogens with two attached hydrogens (primary N) is 1. The molecule has 0 aromatic rings. The minimum atomic E-state index is -5.34. The predicted octanol–water partition coefficient (Wildman–Crippen LogP) is -0.205. The molecule has 0 unspecified atom stereocenters. The van der Waals surface area contributed by atoms with E-state index in [2.05, 4.69) is 5.14 Å². The van der Waals surface area contributed by atoms with Gasteiger partial charge in [0.25, 0.3) is 0 Å². The number of sulfonamides is 1. The fraction of sp³-hybridized carbons (Fsp3) is 1.00. The molecule has 0 aliphatic carbocycles. The van der Waals surface area contributed by atoms with Gasteiger partial charge in [0, 0.05) is 46.9 Å². The molecule has 64 valence electrons. The number of alkyl halides is 3. The van der Waals surface area contributed by atoms with Crippen molar-refractivity contribution in [2.24, 2.45) is 5.14 Å². The van der Waals surface area contributed by atoms with Crippen LogP contribution in [0.3, 0.4) is 0 Å². The van der Waals surface area contributed by atoms with Gasteiger partial charge >= 0.3 is 15.5 Å². The van der Waals surface area contributed by atoms with Crippen LogP contribution in [0.1, 0.15) is 0 Å². The van der Waals surface area contributed by atoms with Gasteiger partial charge < -0.3 is 0 Å². The maximum absolute atomic E-state index is 10.8. The molecule has 0 saturated heterocycles. The van der Waals surface area contributed by atoms with E-state index in [1.807, 2.05) is 0 Å². The van der Waals surface area contributed by atoms with E-state index in [9.17, 15) is 21.6 Å². The molecule has 0 aromatic heterocycles. The Hall–Kier alpha value is 1.22. The molecule has 8 heteroatoms. The van der Waals surface area contributed by atoms with E-state index in [0.29, 0.717) is 0 Å². The van der Waals surface area contributed by atoms with Gasteiger partial charge in [0.2, 0.25) is 0 Å². The second-order valence-corrected chi connectivity index (χ2v) is 2.54. The molecule has 2 N–H and O–H groups in total. The van der Waals surface area contributed by atoms with Crippen LogP contribution in [0.15, 0.2) is 0 Å². The normalized spacial score (nSPS) is 12.4. The molecule has 0 saturated carbocycles. The van der Waals surface area contributed by atoms with E-state index in [-0.39, 0.29) is 46.9 Å². The molecule has 0 atom stereocenters. The van der Waals surface area contributed by atoms with E-state index in [4.69, 9.17) is 0 Å². The Morgan fingerprint density at radius 1 is 1.22 bits per heavy atom. The number of rotatable bonds is 0. The van der Waals surface area contributed by atoms with Crippen molar-refractivity contribution in [1.82, 2.24) is 0 Å². The van der Waals surface area contributed by atoms with Crippen molar-refractivity contribution in [3.05, 3.63) is 0 Å². The van der Waals surface area contributed by atoms with Gasteiger partial charge in [-0.2, -0.15) is 13.2 Å².